The second-order valence-corrected chi connectivity index (χ2v) is 8.65. The number of hydrogen-bond acceptors (Lipinski definition) is 4. The molecule has 1 atom stereocenters. The summed E-state index contributed by atoms with van der Waals surface area (Å²) in [6.45, 7) is 6.54. The van der Waals surface area contributed by atoms with Gasteiger partial charge >= 0.3 is 5.97 Å². The third-order valence-electron chi connectivity index (χ3n) is 5.36. The lowest BCUT2D eigenvalue weighted by molar-refractivity contribution is -0.144. The third-order valence-corrected chi connectivity index (χ3v) is 5.36. The maximum atomic E-state index is 12.4. The maximum absolute atomic E-state index is 12.4. The van der Waals surface area contributed by atoms with Crippen LogP contribution in [-0.4, -0.2) is 36.2 Å². The highest BCUT2D eigenvalue weighted by Gasteiger charge is 2.31. The summed E-state index contributed by atoms with van der Waals surface area (Å²) in [5.74, 6) is -0.0135. The molecular weight excluding hydrogens is 354 g/mol. The Morgan fingerprint density at radius 2 is 1.82 bits per heavy atom. The molecule has 5 nitrogen and oxygen atoms in total. The number of benzene rings is 1. The lowest BCUT2D eigenvalue weighted by Crippen LogP contribution is -2.32. The molecule has 1 fully saturated rings. The number of unbranched alkanes of at least 4 members (excludes halogenated alkanes) is 3. The van der Waals surface area contributed by atoms with Gasteiger partial charge in [0.2, 0.25) is 5.91 Å². The smallest absolute Gasteiger partial charge is 0.305 e. The van der Waals surface area contributed by atoms with Crippen LogP contribution >= 0.6 is 0 Å². The molecule has 1 saturated heterocycles. The number of nitrogens with zero attached hydrogens (tertiary/aromatic N) is 1. The van der Waals surface area contributed by atoms with Crippen molar-refractivity contribution >= 4 is 17.6 Å². The van der Waals surface area contributed by atoms with Gasteiger partial charge in [-0.25, -0.2) is 0 Å². The average Bonchev–Trinajstić information content (AvgIpc) is 3.02. The zero-order chi connectivity index (χ0) is 20.6. The van der Waals surface area contributed by atoms with Gasteiger partial charge in [-0.15, -0.1) is 0 Å². The fraction of sp³-hybridized carbons (Fsp3) is 0.652. The first kappa shape index (κ1) is 22.4. The van der Waals surface area contributed by atoms with Crippen molar-refractivity contribution in [3.05, 3.63) is 29.8 Å². The lowest BCUT2D eigenvalue weighted by atomic mass is 9.87. The van der Waals surface area contributed by atoms with Gasteiger partial charge in [0.05, 0.1) is 6.61 Å². The Bertz CT molecular complexity index is 633. The van der Waals surface area contributed by atoms with Gasteiger partial charge in [-0.2, -0.15) is 0 Å². The molecule has 1 aromatic rings. The van der Waals surface area contributed by atoms with E-state index in [4.69, 9.17) is 9.84 Å². The van der Waals surface area contributed by atoms with Crippen LogP contribution in [-0.2, 0) is 19.7 Å². The zero-order valence-electron chi connectivity index (χ0n) is 17.6. The molecule has 1 aliphatic heterocycles. The number of carbonyl (C=O) groups excluding carboxylic acids is 2. The summed E-state index contributed by atoms with van der Waals surface area (Å²) in [6.07, 6.45) is 6.86. The number of esters is 1. The lowest BCUT2D eigenvalue weighted by Gasteiger charge is -2.26. The second-order valence-electron chi connectivity index (χ2n) is 8.65. The SMILES string of the molecule is CC(C)(C)c1ccc(N2C(=O)CCC2CCCCCCC(=O)OCCO)cc1. The number of hydrogen-bond donors (Lipinski definition) is 1. The van der Waals surface area contributed by atoms with Crippen LogP contribution in [0.15, 0.2) is 24.3 Å². The van der Waals surface area contributed by atoms with Crippen molar-refractivity contribution in [2.24, 2.45) is 0 Å². The topological polar surface area (TPSA) is 66.8 Å². The van der Waals surface area contributed by atoms with Gasteiger partial charge in [0, 0.05) is 24.6 Å². The van der Waals surface area contributed by atoms with Gasteiger partial charge in [0.15, 0.2) is 0 Å². The van der Waals surface area contributed by atoms with E-state index < -0.39 is 0 Å². The van der Waals surface area contributed by atoms with E-state index in [1.165, 1.54) is 5.56 Å². The van der Waals surface area contributed by atoms with E-state index in [2.05, 4.69) is 45.0 Å². The first-order chi connectivity index (χ1) is 13.3. The molecule has 0 bridgehead atoms. The summed E-state index contributed by atoms with van der Waals surface area (Å²) in [5.41, 5.74) is 2.39. The number of amides is 1. The molecule has 0 aromatic heterocycles. The highest BCUT2D eigenvalue weighted by molar-refractivity contribution is 5.96. The predicted molar refractivity (Wildman–Crippen MR) is 111 cm³/mol. The molecular formula is C23H35NO4. The molecule has 1 heterocycles. The maximum Gasteiger partial charge on any atom is 0.305 e. The van der Waals surface area contributed by atoms with Crippen molar-refractivity contribution in [3.63, 3.8) is 0 Å². The molecule has 1 aromatic carbocycles. The summed E-state index contributed by atoms with van der Waals surface area (Å²) in [5, 5.41) is 8.63. The minimum atomic E-state index is -0.236. The standard InChI is InChI=1S/C23H35NO4/c1-23(2,3)18-10-12-20(13-11-18)24-19(14-15-21(24)26)8-6-4-5-7-9-22(27)28-17-16-25/h10-13,19,25H,4-9,14-17H2,1-3H3. The summed E-state index contributed by atoms with van der Waals surface area (Å²) < 4.78 is 4.85. The molecule has 2 rings (SSSR count). The Hall–Kier alpha value is -1.88. The van der Waals surface area contributed by atoms with Crippen LogP contribution < -0.4 is 4.90 Å². The van der Waals surface area contributed by atoms with Crippen LogP contribution in [0, 0.1) is 0 Å². The molecule has 0 aliphatic carbocycles. The molecule has 1 N–H and O–H groups in total. The fourth-order valence-electron chi connectivity index (χ4n) is 3.73. The van der Waals surface area contributed by atoms with Crippen LogP contribution in [0.3, 0.4) is 0 Å². The molecule has 5 heteroatoms. The number of carbonyl (C=O) groups is 2. The van der Waals surface area contributed by atoms with Gasteiger partial charge in [-0.05, 0) is 42.4 Å². The van der Waals surface area contributed by atoms with Gasteiger partial charge in [0.1, 0.15) is 6.61 Å². The number of aliphatic hydroxyl groups is 1. The Balaban J connectivity index is 1.77. The van der Waals surface area contributed by atoms with Crippen LogP contribution in [0.5, 0.6) is 0 Å². The molecule has 1 unspecified atom stereocenters. The highest BCUT2D eigenvalue weighted by Crippen LogP contribution is 2.31. The Kier molecular flexibility index (Phi) is 8.49. The first-order valence-corrected chi connectivity index (χ1v) is 10.5. The molecule has 1 aliphatic rings. The Labute approximate surface area is 169 Å². The van der Waals surface area contributed by atoms with E-state index in [0.717, 1.165) is 44.2 Å². The summed E-state index contributed by atoms with van der Waals surface area (Å²) >= 11 is 0. The third kappa shape index (κ3) is 6.62. The highest BCUT2D eigenvalue weighted by atomic mass is 16.5. The minimum Gasteiger partial charge on any atom is -0.463 e. The number of rotatable bonds is 10. The Morgan fingerprint density at radius 3 is 2.46 bits per heavy atom. The average molecular weight is 390 g/mol. The van der Waals surface area contributed by atoms with E-state index >= 15 is 0 Å². The van der Waals surface area contributed by atoms with Gasteiger partial charge in [0.25, 0.3) is 0 Å². The van der Waals surface area contributed by atoms with Crippen molar-refractivity contribution in [1.82, 2.24) is 0 Å². The van der Waals surface area contributed by atoms with E-state index in [1.807, 2.05) is 4.90 Å². The van der Waals surface area contributed by atoms with Crippen LogP contribution in [0.4, 0.5) is 5.69 Å². The van der Waals surface area contributed by atoms with Crippen molar-refractivity contribution in [2.75, 3.05) is 18.1 Å². The van der Waals surface area contributed by atoms with E-state index in [0.29, 0.717) is 12.8 Å². The normalized spacial score (nSPS) is 17.2. The monoisotopic (exact) mass is 389 g/mol. The predicted octanol–water partition coefficient (Wildman–Crippen LogP) is 4.36. The van der Waals surface area contributed by atoms with Crippen molar-refractivity contribution in [1.29, 1.82) is 0 Å². The van der Waals surface area contributed by atoms with Crippen LogP contribution in [0.1, 0.15) is 77.7 Å². The summed E-state index contributed by atoms with van der Waals surface area (Å²) in [7, 11) is 0. The Morgan fingerprint density at radius 1 is 1.14 bits per heavy atom. The van der Waals surface area contributed by atoms with Crippen molar-refractivity contribution in [3.8, 4) is 0 Å². The van der Waals surface area contributed by atoms with Crippen molar-refractivity contribution in [2.45, 2.75) is 83.6 Å². The minimum absolute atomic E-state index is 0.0844. The number of ether oxygens (including phenoxy) is 1. The summed E-state index contributed by atoms with van der Waals surface area (Å²) in [6, 6.07) is 8.70. The molecule has 0 saturated carbocycles. The first-order valence-electron chi connectivity index (χ1n) is 10.5. The number of anilines is 1. The largest absolute Gasteiger partial charge is 0.463 e. The fourth-order valence-corrected chi connectivity index (χ4v) is 3.73. The zero-order valence-corrected chi connectivity index (χ0v) is 17.6. The molecule has 0 spiro atoms. The second kappa shape index (κ2) is 10.6. The van der Waals surface area contributed by atoms with Gasteiger partial charge in [-0.3, -0.25) is 9.59 Å². The van der Waals surface area contributed by atoms with E-state index in [9.17, 15) is 9.59 Å². The summed E-state index contributed by atoms with van der Waals surface area (Å²) in [4.78, 5) is 25.8. The van der Waals surface area contributed by atoms with Gasteiger partial charge < -0.3 is 14.7 Å². The molecule has 0 radical (unpaired) electrons. The van der Waals surface area contributed by atoms with Crippen molar-refractivity contribution < 1.29 is 19.4 Å². The van der Waals surface area contributed by atoms with Crippen LogP contribution in [0.2, 0.25) is 0 Å². The van der Waals surface area contributed by atoms with E-state index in [-0.39, 0.29) is 36.5 Å². The quantitative estimate of drug-likeness (QED) is 0.477. The van der Waals surface area contributed by atoms with E-state index in [1.54, 1.807) is 0 Å². The number of aliphatic hydroxyl groups excluding tert-OH is 1. The van der Waals surface area contributed by atoms with Gasteiger partial charge in [-0.1, -0.05) is 52.2 Å². The molecule has 156 valence electrons. The van der Waals surface area contributed by atoms with Crippen LogP contribution in [0.25, 0.3) is 0 Å². The molecule has 1 amide bonds. The molecule has 28 heavy (non-hydrogen) atoms.